The molecule has 0 heterocycles. The van der Waals surface area contributed by atoms with Gasteiger partial charge < -0.3 is 4.74 Å². The fourth-order valence-corrected chi connectivity index (χ4v) is 2.71. The second-order valence-corrected chi connectivity index (χ2v) is 6.68. The van der Waals surface area contributed by atoms with Crippen LogP contribution in [0.15, 0.2) is 35.9 Å². The lowest BCUT2D eigenvalue weighted by atomic mass is 9.93. The summed E-state index contributed by atoms with van der Waals surface area (Å²) in [5.41, 5.74) is 0.597. The zero-order valence-electron chi connectivity index (χ0n) is 12.5. The van der Waals surface area contributed by atoms with Crippen LogP contribution in [0.1, 0.15) is 32.8 Å². The van der Waals surface area contributed by atoms with Gasteiger partial charge in [0.25, 0.3) is 0 Å². The molecule has 0 saturated heterocycles. The van der Waals surface area contributed by atoms with Gasteiger partial charge in [-0.1, -0.05) is 43.7 Å². The number of benzene rings is 1. The largest absolute Gasteiger partial charge is 0.460 e. The molecule has 1 aliphatic rings. The molecule has 0 N–H and O–H groups in total. The highest BCUT2D eigenvalue weighted by Crippen LogP contribution is 2.65. The van der Waals surface area contributed by atoms with Gasteiger partial charge >= 0.3 is 5.97 Å². The summed E-state index contributed by atoms with van der Waals surface area (Å²) in [7, 11) is 0. The first-order chi connectivity index (χ1) is 9.80. The van der Waals surface area contributed by atoms with Crippen LogP contribution >= 0.6 is 11.6 Å². The van der Waals surface area contributed by atoms with Gasteiger partial charge in [0, 0.05) is 5.02 Å². The van der Waals surface area contributed by atoms with Crippen LogP contribution in [0.2, 0.25) is 5.02 Å². The topological polar surface area (TPSA) is 43.4 Å². The molecule has 0 radical (unpaired) electrons. The van der Waals surface area contributed by atoms with Crippen LogP contribution in [-0.2, 0) is 20.9 Å². The first-order valence-electron chi connectivity index (χ1n) is 6.87. The summed E-state index contributed by atoms with van der Waals surface area (Å²) in [6.45, 7) is 5.92. The summed E-state index contributed by atoms with van der Waals surface area (Å²) in [6, 6.07) is 7.18. The number of esters is 1. The normalized spacial score (nSPS) is 23.5. The molecule has 0 amide bonds. The lowest BCUT2D eigenvalue weighted by Crippen LogP contribution is -2.22. The predicted octanol–water partition coefficient (Wildman–Crippen LogP) is 3.94. The van der Waals surface area contributed by atoms with Crippen LogP contribution in [-0.4, -0.2) is 12.3 Å². The Balaban J connectivity index is 2.08. The van der Waals surface area contributed by atoms with E-state index in [1.807, 2.05) is 26.0 Å². The molecule has 4 heteroatoms. The van der Waals surface area contributed by atoms with Crippen molar-refractivity contribution in [3.05, 3.63) is 46.5 Å². The Labute approximate surface area is 129 Å². The van der Waals surface area contributed by atoms with Crippen molar-refractivity contribution in [1.29, 1.82) is 0 Å². The molecule has 0 aliphatic heterocycles. The molecule has 0 aromatic heterocycles. The Morgan fingerprint density at radius 1 is 1.33 bits per heavy atom. The maximum Gasteiger partial charge on any atom is 0.316 e. The maximum absolute atomic E-state index is 12.4. The predicted molar refractivity (Wildman–Crippen MR) is 81.9 cm³/mol. The quantitative estimate of drug-likeness (QED) is 0.470. The third-order valence-corrected chi connectivity index (χ3v) is 4.36. The number of allylic oxidation sites excluding steroid dienone is 1. The van der Waals surface area contributed by atoms with Crippen molar-refractivity contribution in [2.24, 2.45) is 10.8 Å². The molecule has 1 unspecified atom stereocenters. The van der Waals surface area contributed by atoms with Crippen molar-refractivity contribution >= 4 is 23.9 Å². The minimum atomic E-state index is -0.676. The Kier molecular flexibility index (Phi) is 4.24. The van der Waals surface area contributed by atoms with Gasteiger partial charge in [-0.25, -0.2) is 0 Å². The van der Waals surface area contributed by atoms with E-state index in [1.54, 1.807) is 25.1 Å². The van der Waals surface area contributed by atoms with Gasteiger partial charge in [0.2, 0.25) is 0 Å². The summed E-state index contributed by atoms with van der Waals surface area (Å²) < 4.78 is 5.43. The van der Waals surface area contributed by atoms with Crippen molar-refractivity contribution in [2.45, 2.75) is 33.8 Å². The minimum Gasteiger partial charge on any atom is -0.460 e. The van der Waals surface area contributed by atoms with Gasteiger partial charge in [0.05, 0.1) is 5.41 Å². The van der Waals surface area contributed by atoms with Gasteiger partial charge in [-0.3, -0.25) is 9.59 Å². The van der Waals surface area contributed by atoms with E-state index in [0.29, 0.717) is 17.0 Å². The van der Waals surface area contributed by atoms with Gasteiger partial charge in [-0.2, -0.15) is 0 Å². The fourth-order valence-electron chi connectivity index (χ4n) is 2.59. The molecule has 1 aromatic carbocycles. The standard InChI is InChI=1S/C17H19ClO3/c1-12(9-19)8-17(11-16(17,2)3)15(20)21-10-13-4-6-14(18)7-5-13/h4-9H,10-11H2,1-3H3/b12-8+. The van der Waals surface area contributed by atoms with Crippen LogP contribution in [0.3, 0.4) is 0 Å². The highest BCUT2D eigenvalue weighted by atomic mass is 35.5. The summed E-state index contributed by atoms with van der Waals surface area (Å²) in [5, 5.41) is 0.648. The Morgan fingerprint density at radius 2 is 1.90 bits per heavy atom. The van der Waals surface area contributed by atoms with E-state index < -0.39 is 5.41 Å². The van der Waals surface area contributed by atoms with Crippen LogP contribution in [0.25, 0.3) is 0 Å². The van der Waals surface area contributed by atoms with Gasteiger partial charge in [-0.05, 0) is 42.0 Å². The number of hydrogen-bond donors (Lipinski definition) is 0. The van der Waals surface area contributed by atoms with E-state index in [0.717, 1.165) is 11.8 Å². The second kappa shape index (κ2) is 5.64. The third kappa shape index (κ3) is 3.18. The monoisotopic (exact) mass is 306 g/mol. The molecule has 1 fully saturated rings. The maximum atomic E-state index is 12.4. The molecule has 2 rings (SSSR count). The number of halogens is 1. The lowest BCUT2D eigenvalue weighted by molar-refractivity contribution is -0.150. The van der Waals surface area contributed by atoms with E-state index >= 15 is 0 Å². The highest BCUT2D eigenvalue weighted by molar-refractivity contribution is 6.30. The summed E-state index contributed by atoms with van der Waals surface area (Å²) in [5.74, 6) is -0.274. The number of aldehydes is 1. The van der Waals surface area contributed by atoms with Crippen molar-refractivity contribution < 1.29 is 14.3 Å². The Morgan fingerprint density at radius 3 is 2.38 bits per heavy atom. The zero-order valence-corrected chi connectivity index (χ0v) is 13.2. The molecule has 1 aromatic rings. The van der Waals surface area contributed by atoms with Crippen molar-refractivity contribution in [3.63, 3.8) is 0 Å². The number of rotatable bonds is 5. The van der Waals surface area contributed by atoms with Crippen LogP contribution < -0.4 is 0 Å². The van der Waals surface area contributed by atoms with Crippen LogP contribution in [0.4, 0.5) is 0 Å². The van der Waals surface area contributed by atoms with Crippen molar-refractivity contribution in [1.82, 2.24) is 0 Å². The number of ether oxygens (including phenoxy) is 1. The molecule has 1 aliphatic carbocycles. The van der Waals surface area contributed by atoms with Crippen LogP contribution in [0.5, 0.6) is 0 Å². The first kappa shape index (κ1) is 15.8. The minimum absolute atomic E-state index is 0.172. The lowest BCUT2D eigenvalue weighted by Gasteiger charge is -2.16. The number of carbonyl (C=O) groups is 2. The second-order valence-electron chi connectivity index (χ2n) is 6.24. The summed E-state index contributed by atoms with van der Waals surface area (Å²) in [6.07, 6.45) is 3.21. The molecular formula is C17H19ClO3. The molecule has 21 heavy (non-hydrogen) atoms. The summed E-state index contributed by atoms with van der Waals surface area (Å²) >= 11 is 5.82. The van der Waals surface area contributed by atoms with E-state index in [2.05, 4.69) is 0 Å². The molecular weight excluding hydrogens is 288 g/mol. The molecule has 1 saturated carbocycles. The Bertz CT molecular complexity index is 587. The molecule has 3 nitrogen and oxygen atoms in total. The zero-order chi connectivity index (χ0) is 15.7. The smallest absolute Gasteiger partial charge is 0.316 e. The first-order valence-corrected chi connectivity index (χ1v) is 7.25. The number of carbonyl (C=O) groups excluding carboxylic acids is 2. The van der Waals surface area contributed by atoms with Crippen molar-refractivity contribution in [2.75, 3.05) is 0 Å². The van der Waals surface area contributed by atoms with Gasteiger partial charge in [0.15, 0.2) is 0 Å². The molecule has 112 valence electrons. The highest BCUT2D eigenvalue weighted by Gasteiger charge is 2.66. The average molecular weight is 307 g/mol. The Hall–Kier alpha value is -1.61. The van der Waals surface area contributed by atoms with E-state index in [1.165, 1.54) is 0 Å². The third-order valence-electron chi connectivity index (χ3n) is 4.11. The van der Waals surface area contributed by atoms with Crippen molar-refractivity contribution in [3.8, 4) is 0 Å². The number of hydrogen-bond acceptors (Lipinski definition) is 3. The summed E-state index contributed by atoms with van der Waals surface area (Å²) in [4.78, 5) is 23.2. The SMILES string of the molecule is C/C(C=O)=C\C1(C(=O)OCc2ccc(Cl)cc2)CC1(C)C. The van der Waals surface area contributed by atoms with E-state index in [9.17, 15) is 9.59 Å². The molecule has 1 atom stereocenters. The molecule has 0 bridgehead atoms. The molecule has 0 spiro atoms. The van der Waals surface area contributed by atoms with Crippen LogP contribution in [0, 0.1) is 10.8 Å². The average Bonchev–Trinajstić information content (AvgIpc) is 3.00. The van der Waals surface area contributed by atoms with Gasteiger partial charge in [-0.15, -0.1) is 0 Å². The van der Waals surface area contributed by atoms with E-state index in [-0.39, 0.29) is 18.0 Å². The fraction of sp³-hybridized carbons (Fsp3) is 0.412. The van der Waals surface area contributed by atoms with E-state index in [4.69, 9.17) is 16.3 Å². The van der Waals surface area contributed by atoms with Gasteiger partial charge in [0.1, 0.15) is 12.9 Å².